The first-order valence-electron chi connectivity index (χ1n) is 2.35. The summed E-state index contributed by atoms with van der Waals surface area (Å²) in [6.07, 6.45) is 0.998. The Labute approximate surface area is 48.4 Å². The van der Waals surface area contributed by atoms with E-state index >= 15 is 0 Å². The van der Waals surface area contributed by atoms with Crippen molar-refractivity contribution in [2.24, 2.45) is 0 Å². The van der Waals surface area contributed by atoms with Gasteiger partial charge in [0.15, 0.2) is 0 Å². The molecule has 1 heterocycles. The fourth-order valence-electron chi connectivity index (χ4n) is 0.623. The molecule has 0 aromatic rings. The van der Waals surface area contributed by atoms with Gasteiger partial charge in [0, 0.05) is 13.6 Å². The minimum atomic E-state index is 0.0463. The van der Waals surface area contributed by atoms with Crippen molar-refractivity contribution < 1.29 is 0 Å². The van der Waals surface area contributed by atoms with E-state index in [1.807, 2.05) is 12.1 Å². The van der Waals surface area contributed by atoms with E-state index in [0.717, 1.165) is 13.0 Å². The number of rotatable bonds is 0. The van der Waals surface area contributed by atoms with Crippen LogP contribution >= 0.6 is 11.6 Å². The molecular formula is C4H8ClN2. The third kappa shape index (κ3) is 1.30. The maximum Gasteiger partial charge on any atom is 0.117 e. The first-order chi connectivity index (χ1) is 3.29. The second-order valence-corrected chi connectivity index (χ2v) is 2.22. The lowest BCUT2D eigenvalue weighted by molar-refractivity contribution is 0.300. The molecule has 3 heteroatoms. The quantitative estimate of drug-likeness (QED) is 0.334. The van der Waals surface area contributed by atoms with Crippen LogP contribution < -0.4 is 5.43 Å². The molecule has 41 valence electrons. The minimum absolute atomic E-state index is 0.0463. The zero-order valence-corrected chi connectivity index (χ0v) is 5.02. The molecule has 0 N–H and O–H groups in total. The van der Waals surface area contributed by atoms with Gasteiger partial charge >= 0.3 is 0 Å². The predicted octanol–water partition coefficient (Wildman–Crippen LogP) is 0.406. The zero-order chi connectivity index (χ0) is 5.28. The molecule has 1 saturated heterocycles. The largest absolute Gasteiger partial charge is 0.228 e. The standard InChI is InChI=1S/C4H8ClN2/c1-7-3-2-4(5)6-7/h4H,2-3H2,1H3. The first-order valence-corrected chi connectivity index (χ1v) is 2.78. The Bertz CT molecular complexity index is 58.7. The fourth-order valence-corrected chi connectivity index (χ4v) is 0.869. The Morgan fingerprint density at radius 3 is 2.71 bits per heavy atom. The predicted molar refractivity (Wildman–Crippen MR) is 29.0 cm³/mol. The van der Waals surface area contributed by atoms with Gasteiger partial charge in [-0.3, -0.25) is 0 Å². The van der Waals surface area contributed by atoms with Gasteiger partial charge in [-0.1, -0.05) is 0 Å². The molecule has 2 nitrogen and oxygen atoms in total. The van der Waals surface area contributed by atoms with E-state index in [4.69, 9.17) is 11.6 Å². The van der Waals surface area contributed by atoms with Crippen LogP contribution in [0, 0.1) is 0 Å². The van der Waals surface area contributed by atoms with Crippen molar-refractivity contribution in [3.63, 3.8) is 0 Å². The molecule has 1 fully saturated rings. The molecule has 0 amide bonds. The number of nitrogens with zero attached hydrogens (tertiary/aromatic N) is 2. The Morgan fingerprint density at radius 2 is 2.57 bits per heavy atom. The first kappa shape index (κ1) is 5.35. The highest BCUT2D eigenvalue weighted by atomic mass is 35.5. The molecule has 1 aliphatic heterocycles. The lowest BCUT2D eigenvalue weighted by atomic mass is 10.5. The van der Waals surface area contributed by atoms with Gasteiger partial charge in [-0.2, -0.15) is 0 Å². The van der Waals surface area contributed by atoms with Crippen LogP contribution in [-0.2, 0) is 0 Å². The van der Waals surface area contributed by atoms with Crippen LogP contribution in [0.4, 0.5) is 0 Å². The van der Waals surface area contributed by atoms with E-state index < -0.39 is 0 Å². The van der Waals surface area contributed by atoms with Crippen LogP contribution in [-0.4, -0.2) is 24.1 Å². The smallest absolute Gasteiger partial charge is 0.117 e. The van der Waals surface area contributed by atoms with E-state index in [1.165, 1.54) is 0 Å². The average Bonchev–Trinajstić information content (AvgIpc) is 1.87. The molecule has 1 rings (SSSR count). The number of hydrogen-bond donors (Lipinski definition) is 0. The molecular weight excluding hydrogens is 112 g/mol. The summed E-state index contributed by atoms with van der Waals surface area (Å²) >= 11 is 5.60. The molecule has 1 atom stereocenters. The molecule has 0 aliphatic carbocycles. The molecule has 1 radical (unpaired) electrons. The highest BCUT2D eigenvalue weighted by Crippen LogP contribution is 2.07. The molecule has 1 aliphatic rings. The summed E-state index contributed by atoms with van der Waals surface area (Å²) in [5, 5.41) is 1.87. The summed E-state index contributed by atoms with van der Waals surface area (Å²) in [6, 6.07) is 0. The summed E-state index contributed by atoms with van der Waals surface area (Å²) in [7, 11) is 1.93. The van der Waals surface area contributed by atoms with Crippen molar-refractivity contribution in [3.8, 4) is 0 Å². The Balaban J connectivity index is 2.26. The van der Waals surface area contributed by atoms with E-state index in [1.54, 1.807) is 0 Å². The highest BCUT2D eigenvalue weighted by molar-refractivity contribution is 6.20. The topological polar surface area (TPSA) is 17.3 Å². The third-order valence-electron chi connectivity index (χ3n) is 1.01. The van der Waals surface area contributed by atoms with Gasteiger partial charge in [0.05, 0.1) is 0 Å². The molecule has 0 saturated carbocycles. The van der Waals surface area contributed by atoms with Crippen LogP contribution in [0.3, 0.4) is 0 Å². The van der Waals surface area contributed by atoms with Gasteiger partial charge in [0.2, 0.25) is 0 Å². The van der Waals surface area contributed by atoms with Crippen LogP contribution in [0.25, 0.3) is 0 Å². The monoisotopic (exact) mass is 119 g/mol. The Morgan fingerprint density at radius 1 is 1.86 bits per heavy atom. The van der Waals surface area contributed by atoms with Crippen molar-refractivity contribution in [1.82, 2.24) is 10.4 Å². The van der Waals surface area contributed by atoms with Crippen molar-refractivity contribution >= 4 is 11.6 Å². The minimum Gasteiger partial charge on any atom is -0.228 e. The van der Waals surface area contributed by atoms with Crippen molar-refractivity contribution in [2.45, 2.75) is 11.9 Å². The fraction of sp³-hybridized carbons (Fsp3) is 1.00. The maximum absolute atomic E-state index is 5.60. The summed E-state index contributed by atoms with van der Waals surface area (Å²) in [5.74, 6) is 0. The normalized spacial score (nSPS) is 34.3. The van der Waals surface area contributed by atoms with Crippen LogP contribution in [0.1, 0.15) is 6.42 Å². The Hall–Kier alpha value is 0.210. The van der Waals surface area contributed by atoms with Gasteiger partial charge in [-0.15, -0.1) is 17.0 Å². The van der Waals surface area contributed by atoms with E-state index in [-0.39, 0.29) is 5.50 Å². The SMILES string of the molecule is CN1CCC(Cl)[N]1. The maximum atomic E-state index is 5.60. The van der Waals surface area contributed by atoms with Gasteiger partial charge in [-0.05, 0) is 6.42 Å². The lowest BCUT2D eigenvalue weighted by Crippen LogP contribution is -2.21. The van der Waals surface area contributed by atoms with E-state index in [0.29, 0.717) is 0 Å². The van der Waals surface area contributed by atoms with E-state index in [2.05, 4.69) is 5.43 Å². The summed E-state index contributed by atoms with van der Waals surface area (Å²) in [5.41, 5.74) is 4.03. The van der Waals surface area contributed by atoms with Gasteiger partial charge in [0.25, 0.3) is 0 Å². The molecule has 0 spiro atoms. The summed E-state index contributed by atoms with van der Waals surface area (Å²) in [6.45, 7) is 1.01. The zero-order valence-electron chi connectivity index (χ0n) is 4.26. The van der Waals surface area contributed by atoms with Crippen molar-refractivity contribution in [3.05, 3.63) is 0 Å². The van der Waals surface area contributed by atoms with Crippen molar-refractivity contribution in [1.29, 1.82) is 0 Å². The van der Waals surface area contributed by atoms with Crippen LogP contribution in [0.5, 0.6) is 0 Å². The van der Waals surface area contributed by atoms with Crippen LogP contribution in [0.15, 0.2) is 0 Å². The second kappa shape index (κ2) is 1.99. The second-order valence-electron chi connectivity index (χ2n) is 1.72. The van der Waals surface area contributed by atoms with Crippen molar-refractivity contribution in [2.75, 3.05) is 13.6 Å². The van der Waals surface area contributed by atoms with Gasteiger partial charge in [0.1, 0.15) is 5.50 Å². The summed E-state index contributed by atoms with van der Waals surface area (Å²) in [4.78, 5) is 0. The summed E-state index contributed by atoms with van der Waals surface area (Å²) < 4.78 is 0. The third-order valence-corrected chi connectivity index (χ3v) is 1.32. The van der Waals surface area contributed by atoms with E-state index in [9.17, 15) is 0 Å². The molecule has 1 unspecified atom stereocenters. The number of halogens is 1. The lowest BCUT2D eigenvalue weighted by Gasteiger charge is -2.01. The molecule has 7 heavy (non-hydrogen) atoms. The Kier molecular flexibility index (Phi) is 1.52. The van der Waals surface area contributed by atoms with Gasteiger partial charge in [-0.25, -0.2) is 5.01 Å². The van der Waals surface area contributed by atoms with Gasteiger partial charge < -0.3 is 0 Å². The molecule has 0 aromatic carbocycles. The number of hydrogen-bond acceptors (Lipinski definition) is 1. The molecule has 0 aromatic heterocycles. The average molecular weight is 120 g/mol. The molecule has 0 bridgehead atoms. The highest BCUT2D eigenvalue weighted by Gasteiger charge is 2.16. The number of alkyl halides is 1. The van der Waals surface area contributed by atoms with Crippen LogP contribution in [0.2, 0.25) is 0 Å².